The molecular formula is C17H14ClNO3. The Morgan fingerprint density at radius 3 is 2.05 bits per heavy atom. The second-order valence-corrected chi connectivity index (χ2v) is 5.20. The molecule has 4 nitrogen and oxygen atoms in total. The molecule has 1 heterocycles. The molecule has 0 saturated heterocycles. The maximum absolute atomic E-state index is 12.2. The molecule has 0 N–H and O–H groups in total. The lowest BCUT2D eigenvalue weighted by atomic mass is 10.1. The van der Waals surface area contributed by atoms with E-state index in [4.69, 9.17) is 16.3 Å². The summed E-state index contributed by atoms with van der Waals surface area (Å²) in [7, 11) is 0. The Labute approximate surface area is 133 Å². The Morgan fingerprint density at radius 2 is 1.50 bits per heavy atom. The van der Waals surface area contributed by atoms with Gasteiger partial charge in [-0.05, 0) is 29.8 Å². The summed E-state index contributed by atoms with van der Waals surface area (Å²) in [5.74, 6) is 0.615. The molecule has 0 saturated carbocycles. The maximum atomic E-state index is 12.2. The molecule has 0 radical (unpaired) electrons. The first kappa shape index (κ1) is 14.6. The second kappa shape index (κ2) is 6.20. The van der Waals surface area contributed by atoms with Crippen molar-refractivity contribution in [1.29, 1.82) is 0 Å². The van der Waals surface area contributed by atoms with Crippen molar-refractivity contribution in [2.45, 2.75) is 5.88 Å². The van der Waals surface area contributed by atoms with Gasteiger partial charge in [0.2, 0.25) is 0 Å². The number of amides is 2. The summed E-state index contributed by atoms with van der Waals surface area (Å²) in [6, 6.07) is 14.2. The molecule has 0 unspecified atom stereocenters. The monoisotopic (exact) mass is 315 g/mol. The van der Waals surface area contributed by atoms with E-state index in [-0.39, 0.29) is 25.0 Å². The third-order valence-corrected chi connectivity index (χ3v) is 3.85. The van der Waals surface area contributed by atoms with Crippen molar-refractivity contribution >= 4 is 23.4 Å². The van der Waals surface area contributed by atoms with Crippen LogP contribution in [-0.2, 0) is 5.88 Å². The first-order valence-corrected chi connectivity index (χ1v) is 7.47. The third kappa shape index (κ3) is 2.70. The summed E-state index contributed by atoms with van der Waals surface area (Å²) in [5, 5.41) is 0. The number of hydrogen-bond acceptors (Lipinski definition) is 3. The number of rotatable bonds is 5. The Morgan fingerprint density at radius 1 is 0.909 bits per heavy atom. The van der Waals surface area contributed by atoms with Crippen molar-refractivity contribution in [3.05, 3.63) is 65.2 Å². The number of carbonyl (C=O) groups excluding carboxylic acids is 2. The summed E-state index contributed by atoms with van der Waals surface area (Å²) < 4.78 is 5.57. The number of fused-ring (bicyclic) bond motifs is 1. The van der Waals surface area contributed by atoms with Crippen LogP contribution in [0, 0.1) is 0 Å². The first-order chi connectivity index (χ1) is 10.7. The fraction of sp³-hybridized carbons (Fsp3) is 0.176. The van der Waals surface area contributed by atoms with Gasteiger partial charge in [0.05, 0.1) is 17.7 Å². The van der Waals surface area contributed by atoms with Crippen LogP contribution in [0.4, 0.5) is 0 Å². The summed E-state index contributed by atoms with van der Waals surface area (Å²) in [4.78, 5) is 25.6. The highest BCUT2D eigenvalue weighted by Crippen LogP contribution is 2.22. The van der Waals surface area contributed by atoms with Crippen molar-refractivity contribution in [2.75, 3.05) is 13.2 Å². The third-order valence-electron chi connectivity index (χ3n) is 3.54. The molecule has 2 amide bonds. The van der Waals surface area contributed by atoms with E-state index >= 15 is 0 Å². The van der Waals surface area contributed by atoms with Crippen LogP contribution in [0.25, 0.3) is 0 Å². The van der Waals surface area contributed by atoms with Gasteiger partial charge < -0.3 is 4.74 Å². The second-order valence-electron chi connectivity index (χ2n) is 4.93. The van der Waals surface area contributed by atoms with E-state index in [0.717, 1.165) is 5.56 Å². The van der Waals surface area contributed by atoms with Gasteiger partial charge in [0, 0.05) is 5.88 Å². The molecule has 3 rings (SSSR count). The van der Waals surface area contributed by atoms with Crippen LogP contribution in [0.5, 0.6) is 5.75 Å². The number of nitrogens with zero attached hydrogens (tertiary/aromatic N) is 1. The fourth-order valence-corrected chi connectivity index (χ4v) is 2.55. The molecule has 112 valence electrons. The van der Waals surface area contributed by atoms with Gasteiger partial charge in [0.1, 0.15) is 12.4 Å². The van der Waals surface area contributed by atoms with E-state index in [2.05, 4.69) is 0 Å². The average Bonchev–Trinajstić information content (AvgIpc) is 2.81. The normalized spacial score (nSPS) is 13.4. The van der Waals surface area contributed by atoms with Crippen molar-refractivity contribution in [1.82, 2.24) is 4.90 Å². The molecule has 22 heavy (non-hydrogen) atoms. The molecule has 2 aromatic carbocycles. The van der Waals surface area contributed by atoms with Gasteiger partial charge >= 0.3 is 0 Å². The van der Waals surface area contributed by atoms with E-state index in [9.17, 15) is 9.59 Å². The van der Waals surface area contributed by atoms with Gasteiger partial charge in [-0.1, -0.05) is 24.3 Å². The smallest absolute Gasteiger partial charge is 0.261 e. The highest BCUT2D eigenvalue weighted by molar-refractivity contribution is 6.21. The molecule has 0 bridgehead atoms. The molecule has 0 atom stereocenters. The molecule has 5 heteroatoms. The number of benzene rings is 2. The summed E-state index contributed by atoms with van der Waals surface area (Å²) >= 11 is 5.72. The minimum Gasteiger partial charge on any atom is -0.492 e. The lowest BCUT2D eigenvalue weighted by Crippen LogP contribution is -2.33. The van der Waals surface area contributed by atoms with Crippen LogP contribution in [0.3, 0.4) is 0 Å². The Bertz CT molecular complexity index is 677. The van der Waals surface area contributed by atoms with Crippen molar-refractivity contribution < 1.29 is 14.3 Å². The standard InChI is InChI=1S/C17H14ClNO3/c18-11-12-5-7-13(8-6-12)22-10-9-19-16(20)14-3-1-2-4-15(14)17(19)21/h1-8H,9-11H2. The largest absolute Gasteiger partial charge is 0.492 e. The molecule has 0 aromatic heterocycles. The number of ether oxygens (including phenoxy) is 1. The predicted molar refractivity (Wildman–Crippen MR) is 83.3 cm³/mol. The zero-order valence-corrected chi connectivity index (χ0v) is 12.5. The molecule has 2 aromatic rings. The number of halogens is 1. The molecule has 0 spiro atoms. The van der Waals surface area contributed by atoms with Gasteiger partial charge in [0.15, 0.2) is 0 Å². The Balaban J connectivity index is 1.60. The van der Waals surface area contributed by atoms with Crippen LogP contribution in [0.2, 0.25) is 0 Å². The minimum atomic E-state index is -0.262. The van der Waals surface area contributed by atoms with Gasteiger partial charge in [-0.25, -0.2) is 0 Å². The van der Waals surface area contributed by atoms with Crippen LogP contribution in [-0.4, -0.2) is 29.9 Å². The Hall–Kier alpha value is -2.33. The molecule has 0 aliphatic carbocycles. The number of carbonyl (C=O) groups is 2. The van der Waals surface area contributed by atoms with Crippen molar-refractivity contribution in [3.8, 4) is 5.75 Å². The summed E-state index contributed by atoms with van der Waals surface area (Å²) in [5.41, 5.74) is 1.92. The van der Waals surface area contributed by atoms with Gasteiger partial charge in [0.25, 0.3) is 11.8 Å². The highest BCUT2D eigenvalue weighted by Gasteiger charge is 2.34. The minimum absolute atomic E-state index is 0.226. The van der Waals surface area contributed by atoms with Crippen molar-refractivity contribution in [2.24, 2.45) is 0 Å². The van der Waals surface area contributed by atoms with Gasteiger partial charge in [-0.3, -0.25) is 14.5 Å². The average molecular weight is 316 g/mol. The van der Waals surface area contributed by atoms with Crippen LogP contribution >= 0.6 is 11.6 Å². The molecule has 1 aliphatic rings. The van der Waals surface area contributed by atoms with Crippen LogP contribution < -0.4 is 4.74 Å². The fourth-order valence-electron chi connectivity index (χ4n) is 2.37. The SMILES string of the molecule is O=C1c2ccccc2C(=O)N1CCOc1ccc(CCl)cc1. The van der Waals surface area contributed by atoms with E-state index < -0.39 is 0 Å². The predicted octanol–water partition coefficient (Wildman–Crippen LogP) is 3.10. The van der Waals surface area contributed by atoms with E-state index in [1.807, 2.05) is 24.3 Å². The zero-order valence-electron chi connectivity index (χ0n) is 11.8. The zero-order chi connectivity index (χ0) is 15.5. The molecule has 1 aliphatic heterocycles. The van der Waals surface area contributed by atoms with Crippen LogP contribution in [0.1, 0.15) is 26.3 Å². The number of imide groups is 1. The van der Waals surface area contributed by atoms with Crippen molar-refractivity contribution in [3.63, 3.8) is 0 Å². The lowest BCUT2D eigenvalue weighted by molar-refractivity contribution is 0.0631. The topological polar surface area (TPSA) is 46.6 Å². The number of hydrogen-bond donors (Lipinski definition) is 0. The summed E-state index contributed by atoms with van der Waals surface area (Å²) in [6.45, 7) is 0.481. The number of alkyl halides is 1. The van der Waals surface area contributed by atoms with Gasteiger partial charge in [-0.2, -0.15) is 0 Å². The quantitative estimate of drug-likeness (QED) is 0.629. The van der Waals surface area contributed by atoms with E-state index in [1.54, 1.807) is 24.3 Å². The van der Waals surface area contributed by atoms with Crippen LogP contribution in [0.15, 0.2) is 48.5 Å². The van der Waals surface area contributed by atoms with E-state index in [0.29, 0.717) is 22.8 Å². The highest BCUT2D eigenvalue weighted by atomic mass is 35.5. The lowest BCUT2D eigenvalue weighted by Gasteiger charge is -2.14. The maximum Gasteiger partial charge on any atom is 0.261 e. The first-order valence-electron chi connectivity index (χ1n) is 6.93. The van der Waals surface area contributed by atoms with E-state index in [1.165, 1.54) is 4.90 Å². The Kier molecular flexibility index (Phi) is 4.11. The molecule has 0 fully saturated rings. The summed E-state index contributed by atoms with van der Waals surface area (Å²) in [6.07, 6.45) is 0. The van der Waals surface area contributed by atoms with Gasteiger partial charge in [-0.15, -0.1) is 11.6 Å². The molecular weight excluding hydrogens is 302 g/mol.